The standard InChI is InChI=1S/C11H12FN/c12-10-3-4-11-8(5-6-13)1-2-9(11)7-10/h3-5,7H,1-2,6,13H2/b8-5-. The van der Waals surface area contributed by atoms with Crippen LogP contribution in [0, 0.1) is 5.82 Å². The molecule has 68 valence electrons. The fraction of sp³-hybridized carbons (Fsp3) is 0.273. The van der Waals surface area contributed by atoms with Gasteiger partial charge in [-0.1, -0.05) is 12.1 Å². The third-order valence-corrected chi connectivity index (χ3v) is 2.44. The highest BCUT2D eigenvalue weighted by Gasteiger charge is 2.15. The van der Waals surface area contributed by atoms with Crippen LogP contribution in [0.15, 0.2) is 24.3 Å². The number of nitrogens with two attached hydrogens (primary N) is 1. The Morgan fingerprint density at radius 2 is 2.23 bits per heavy atom. The highest BCUT2D eigenvalue weighted by molar-refractivity contribution is 5.72. The average Bonchev–Trinajstić information content (AvgIpc) is 2.49. The maximum atomic E-state index is 12.8. The summed E-state index contributed by atoms with van der Waals surface area (Å²) in [6.07, 6.45) is 3.96. The second kappa shape index (κ2) is 3.30. The van der Waals surface area contributed by atoms with Crippen molar-refractivity contribution in [2.75, 3.05) is 6.54 Å². The van der Waals surface area contributed by atoms with E-state index >= 15 is 0 Å². The number of aryl methyl sites for hydroxylation is 1. The van der Waals surface area contributed by atoms with Crippen LogP contribution in [0.4, 0.5) is 4.39 Å². The molecular formula is C11H12FN. The molecule has 13 heavy (non-hydrogen) atoms. The molecule has 0 radical (unpaired) electrons. The number of allylic oxidation sites excluding steroid dienone is 1. The topological polar surface area (TPSA) is 26.0 Å². The summed E-state index contributed by atoms with van der Waals surface area (Å²) in [7, 11) is 0. The lowest BCUT2D eigenvalue weighted by atomic mass is 10.1. The molecule has 0 heterocycles. The molecule has 0 unspecified atom stereocenters. The monoisotopic (exact) mass is 177 g/mol. The zero-order valence-corrected chi connectivity index (χ0v) is 7.39. The molecule has 0 fully saturated rings. The molecule has 0 saturated heterocycles. The quantitative estimate of drug-likeness (QED) is 0.698. The molecule has 1 aliphatic carbocycles. The summed E-state index contributed by atoms with van der Waals surface area (Å²) in [4.78, 5) is 0. The fourth-order valence-corrected chi connectivity index (χ4v) is 1.84. The van der Waals surface area contributed by atoms with Crippen LogP contribution in [0.2, 0.25) is 0 Å². The van der Waals surface area contributed by atoms with Gasteiger partial charge in [0.1, 0.15) is 5.82 Å². The van der Waals surface area contributed by atoms with Gasteiger partial charge in [0.25, 0.3) is 0 Å². The zero-order valence-electron chi connectivity index (χ0n) is 7.39. The van der Waals surface area contributed by atoms with Crippen molar-refractivity contribution in [1.82, 2.24) is 0 Å². The highest BCUT2D eigenvalue weighted by Crippen LogP contribution is 2.31. The van der Waals surface area contributed by atoms with Crippen LogP contribution in [-0.2, 0) is 6.42 Å². The van der Waals surface area contributed by atoms with Gasteiger partial charge in [-0.15, -0.1) is 0 Å². The van der Waals surface area contributed by atoms with Crippen molar-refractivity contribution >= 4 is 5.57 Å². The van der Waals surface area contributed by atoms with Crippen molar-refractivity contribution in [2.24, 2.45) is 5.73 Å². The van der Waals surface area contributed by atoms with E-state index in [0.717, 1.165) is 18.4 Å². The fourth-order valence-electron chi connectivity index (χ4n) is 1.84. The molecule has 2 N–H and O–H groups in total. The molecule has 1 aliphatic rings. The minimum atomic E-state index is -0.146. The van der Waals surface area contributed by atoms with Crippen molar-refractivity contribution < 1.29 is 4.39 Å². The van der Waals surface area contributed by atoms with E-state index in [9.17, 15) is 4.39 Å². The van der Waals surface area contributed by atoms with Crippen molar-refractivity contribution in [1.29, 1.82) is 0 Å². The zero-order chi connectivity index (χ0) is 9.26. The smallest absolute Gasteiger partial charge is 0.123 e. The first kappa shape index (κ1) is 8.45. The molecule has 0 saturated carbocycles. The van der Waals surface area contributed by atoms with E-state index in [4.69, 9.17) is 5.73 Å². The van der Waals surface area contributed by atoms with E-state index in [1.165, 1.54) is 17.2 Å². The third-order valence-electron chi connectivity index (χ3n) is 2.44. The van der Waals surface area contributed by atoms with Crippen LogP contribution in [0.3, 0.4) is 0 Å². The molecule has 0 bridgehead atoms. The molecule has 1 aromatic carbocycles. The van der Waals surface area contributed by atoms with Crippen LogP contribution in [0.1, 0.15) is 17.5 Å². The third kappa shape index (κ3) is 1.49. The van der Waals surface area contributed by atoms with Gasteiger partial charge in [-0.2, -0.15) is 0 Å². The predicted molar refractivity (Wildman–Crippen MR) is 51.8 cm³/mol. The number of hydrogen-bond donors (Lipinski definition) is 1. The first-order valence-corrected chi connectivity index (χ1v) is 4.49. The van der Waals surface area contributed by atoms with Gasteiger partial charge in [0.05, 0.1) is 0 Å². The van der Waals surface area contributed by atoms with E-state index in [2.05, 4.69) is 0 Å². The predicted octanol–water partition coefficient (Wildman–Crippen LogP) is 2.11. The minimum absolute atomic E-state index is 0.146. The van der Waals surface area contributed by atoms with Gasteiger partial charge in [0.15, 0.2) is 0 Å². The van der Waals surface area contributed by atoms with Gasteiger partial charge >= 0.3 is 0 Å². The number of hydrogen-bond acceptors (Lipinski definition) is 1. The molecule has 2 rings (SSSR count). The van der Waals surface area contributed by atoms with Gasteiger partial charge in [-0.25, -0.2) is 4.39 Å². The van der Waals surface area contributed by atoms with Gasteiger partial charge in [0, 0.05) is 6.54 Å². The first-order chi connectivity index (χ1) is 6.31. The van der Waals surface area contributed by atoms with Crippen LogP contribution < -0.4 is 5.73 Å². The van der Waals surface area contributed by atoms with E-state index < -0.39 is 0 Å². The first-order valence-electron chi connectivity index (χ1n) is 4.49. The van der Waals surface area contributed by atoms with Crippen molar-refractivity contribution in [3.8, 4) is 0 Å². The Morgan fingerprint density at radius 1 is 1.38 bits per heavy atom. The molecule has 0 aliphatic heterocycles. The van der Waals surface area contributed by atoms with Gasteiger partial charge in [-0.05, 0) is 41.7 Å². The van der Waals surface area contributed by atoms with Crippen LogP contribution in [0.5, 0.6) is 0 Å². The molecule has 1 nitrogen and oxygen atoms in total. The van der Waals surface area contributed by atoms with Crippen LogP contribution in [0.25, 0.3) is 5.57 Å². The Labute approximate surface area is 77.1 Å². The number of benzene rings is 1. The normalized spacial score (nSPS) is 17.8. The Balaban J connectivity index is 2.44. The van der Waals surface area contributed by atoms with E-state index in [1.54, 1.807) is 6.07 Å². The molecule has 0 atom stereocenters. The summed E-state index contributed by atoms with van der Waals surface area (Å²) >= 11 is 0. The van der Waals surface area contributed by atoms with Crippen LogP contribution in [-0.4, -0.2) is 6.54 Å². The number of halogens is 1. The van der Waals surface area contributed by atoms with Gasteiger partial charge in [-0.3, -0.25) is 0 Å². The molecule has 1 aromatic rings. The lowest BCUT2D eigenvalue weighted by Gasteiger charge is -1.99. The summed E-state index contributed by atoms with van der Waals surface area (Å²) in [6, 6.07) is 4.97. The second-order valence-electron chi connectivity index (χ2n) is 3.27. The molecular weight excluding hydrogens is 165 g/mol. The summed E-state index contributed by atoms with van der Waals surface area (Å²) < 4.78 is 12.8. The number of fused-ring (bicyclic) bond motifs is 1. The summed E-state index contributed by atoms with van der Waals surface area (Å²) in [5.41, 5.74) is 8.99. The Bertz CT molecular complexity index is 355. The lowest BCUT2D eigenvalue weighted by molar-refractivity contribution is 0.626. The van der Waals surface area contributed by atoms with Crippen LogP contribution >= 0.6 is 0 Å². The Morgan fingerprint density at radius 3 is 3.00 bits per heavy atom. The summed E-state index contributed by atoms with van der Waals surface area (Å²) in [5, 5.41) is 0. The minimum Gasteiger partial charge on any atom is -0.327 e. The van der Waals surface area contributed by atoms with E-state index in [0.29, 0.717) is 6.54 Å². The van der Waals surface area contributed by atoms with Crippen molar-refractivity contribution in [3.63, 3.8) is 0 Å². The van der Waals surface area contributed by atoms with Crippen molar-refractivity contribution in [3.05, 3.63) is 41.2 Å². The molecule has 0 spiro atoms. The van der Waals surface area contributed by atoms with Crippen molar-refractivity contribution in [2.45, 2.75) is 12.8 Å². The van der Waals surface area contributed by atoms with E-state index in [1.807, 2.05) is 12.1 Å². The second-order valence-corrected chi connectivity index (χ2v) is 3.27. The largest absolute Gasteiger partial charge is 0.327 e. The lowest BCUT2D eigenvalue weighted by Crippen LogP contribution is -1.94. The van der Waals surface area contributed by atoms with E-state index in [-0.39, 0.29) is 5.82 Å². The number of rotatable bonds is 1. The maximum Gasteiger partial charge on any atom is 0.123 e. The summed E-state index contributed by atoms with van der Waals surface area (Å²) in [5.74, 6) is -0.146. The van der Waals surface area contributed by atoms with Gasteiger partial charge in [0.2, 0.25) is 0 Å². The molecule has 2 heteroatoms. The average molecular weight is 177 g/mol. The van der Waals surface area contributed by atoms with Gasteiger partial charge < -0.3 is 5.73 Å². The molecule has 0 amide bonds. The highest BCUT2D eigenvalue weighted by atomic mass is 19.1. The molecule has 0 aromatic heterocycles. The Hall–Kier alpha value is -1.15. The Kier molecular flexibility index (Phi) is 2.15. The SMILES string of the molecule is NC/C=C1/CCc2cc(F)ccc21. The summed E-state index contributed by atoms with van der Waals surface area (Å²) in [6.45, 7) is 0.562. The maximum absolute atomic E-state index is 12.8.